The van der Waals surface area contributed by atoms with E-state index in [4.69, 9.17) is 9.84 Å². The number of hydrogen-bond acceptors (Lipinski definition) is 3. The SMILES string of the molecule is CC[C@@H]1CC(O)CC(CO)O1. The summed E-state index contributed by atoms with van der Waals surface area (Å²) in [5.74, 6) is 0. The average Bonchev–Trinajstić information content (AvgIpc) is 2.03. The largest absolute Gasteiger partial charge is 0.394 e. The Kier molecular flexibility index (Phi) is 3.30. The fourth-order valence-corrected chi connectivity index (χ4v) is 1.47. The third-order valence-electron chi connectivity index (χ3n) is 2.11. The zero-order valence-electron chi connectivity index (χ0n) is 6.86. The molecular weight excluding hydrogens is 144 g/mol. The van der Waals surface area contributed by atoms with E-state index in [9.17, 15) is 5.11 Å². The first kappa shape index (κ1) is 8.97. The highest BCUT2D eigenvalue weighted by atomic mass is 16.5. The predicted molar refractivity (Wildman–Crippen MR) is 41.3 cm³/mol. The van der Waals surface area contributed by atoms with Crippen LogP contribution in [-0.4, -0.2) is 35.1 Å². The van der Waals surface area contributed by atoms with Crippen LogP contribution in [0.4, 0.5) is 0 Å². The first-order valence-electron chi connectivity index (χ1n) is 4.20. The van der Waals surface area contributed by atoms with E-state index < -0.39 is 0 Å². The molecule has 2 unspecified atom stereocenters. The van der Waals surface area contributed by atoms with Crippen molar-refractivity contribution in [3.8, 4) is 0 Å². The Hall–Kier alpha value is -0.120. The van der Waals surface area contributed by atoms with Crippen molar-refractivity contribution in [2.75, 3.05) is 6.61 Å². The van der Waals surface area contributed by atoms with E-state index >= 15 is 0 Å². The highest BCUT2D eigenvalue weighted by Crippen LogP contribution is 2.20. The lowest BCUT2D eigenvalue weighted by Crippen LogP contribution is -2.37. The number of aliphatic hydroxyl groups is 2. The smallest absolute Gasteiger partial charge is 0.0834 e. The molecule has 11 heavy (non-hydrogen) atoms. The minimum absolute atomic E-state index is 0.0214. The van der Waals surface area contributed by atoms with Gasteiger partial charge in [-0.1, -0.05) is 6.92 Å². The fourth-order valence-electron chi connectivity index (χ4n) is 1.47. The molecule has 0 amide bonds. The van der Waals surface area contributed by atoms with Gasteiger partial charge in [0.1, 0.15) is 0 Å². The van der Waals surface area contributed by atoms with Gasteiger partial charge in [-0.2, -0.15) is 0 Å². The summed E-state index contributed by atoms with van der Waals surface area (Å²) < 4.78 is 5.45. The standard InChI is InChI=1S/C8H16O3/c1-2-7-3-6(10)4-8(5-9)11-7/h6-10H,2-5H2,1H3/t6?,7-,8?/m1/s1. The minimum atomic E-state index is -0.286. The number of ether oxygens (including phenoxy) is 1. The topological polar surface area (TPSA) is 49.7 Å². The molecule has 3 heteroatoms. The van der Waals surface area contributed by atoms with Crippen molar-refractivity contribution in [1.82, 2.24) is 0 Å². The lowest BCUT2D eigenvalue weighted by atomic mass is 10.00. The van der Waals surface area contributed by atoms with Crippen LogP contribution in [0.25, 0.3) is 0 Å². The minimum Gasteiger partial charge on any atom is -0.394 e. The summed E-state index contributed by atoms with van der Waals surface area (Å²) in [6.45, 7) is 2.05. The third kappa shape index (κ3) is 2.43. The molecule has 1 fully saturated rings. The van der Waals surface area contributed by atoms with Gasteiger partial charge in [-0.15, -0.1) is 0 Å². The van der Waals surface area contributed by atoms with Crippen molar-refractivity contribution in [1.29, 1.82) is 0 Å². The van der Waals surface area contributed by atoms with Crippen molar-refractivity contribution in [2.24, 2.45) is 0 Å². The predicted octanol–water partition coefficient (Wildman–Crippen LogP) is 0.297. The van der Waals surface area contributed by atoms with Crippen molar-refractivity contribution in [3.05, 3.63) is 0 Å². The highest BCUT2D eigenvalue weighted by molar-refractivity contribution is 4.75. The molecule has 0 radical (unpaired) electrons. The first-order chi connectivity index (χ1) is 5.26. The molecule has 0 bridgehead atoms. The zero-order chi connectivity index (χ0) is 8.27. The van der Waals surface area contributed by atoms with Crippen LogP contribution in [0.1, 0.15) is 26.2 Å². The maximum absolute atomic E-state index is 9.32. The molecule has 0 aromatic carbocycles. The molecule has 1 rings (SSSR count). The molecule has 3 atom stereocenters. The molecule has 3 nitrogen and oxygen atoms in total. The normalized spacial score (nSPS) is 39.0. The summed E-state index contributed by atoms with van der Waals surface area (Å²) in [7, 11) is 0. The fraction of sp³-hybridized carbons (Fsp3) is 1.00. The molecular formula is C8H16O3. The van der Waals surface area contributed by atoms with Crippen LogP contribution in [0, 0.1) is 0 Å². The van der Waals surface area contributed by atoms with Gasteiger partial charge in [0, 0.05) is 6.42 Å². The molecule has 1 aliphatic rings. The monoisotopic (exact) mass is 160 g/mol. The van der Waals surface area contributed by atoms with E-state index in [0.29, 0.717) is 12.8 Å². The second-order valence-corrected chi connectivity index (χ2v) is 3.10. The average molecular weight is 160 g/mol. The van der Waals surface area contributed by atoms with Gasteiger partial charge >= 0.3 is 0 Å². The molecule has 0 aliphatic carbocycles. The molecule has 1 saturated heterocycles. The Bertz CT molecular complexity index is 104. The first-order valence-corrected chi connectivity index (χ1v) is 4.20. The summed E-state index contributed by atoms with van der Waals surface area (Å²) in [6, 6.07) is 0. The summed E-state index contributed by atoms with van der Waals surface area (Å²) >= 11 is 0. The maximum Gasteiger partial charge on any atom is 0.0834 e. The van der Waals surface area contributed by atoms with Gasteiger partial charge in [-0.05, 0) is 12.8 Å². The van der Waals surface area contributed by atoms with Crippen LogP contribution >= 0.6 is 0 Å². The summed E-state index contributed by atoms with van der Waals surface area (Å²) in [4.78, 5) is 0. The third-order valence-corrected chi connectivity index (χ3v) is 2.11. The van der Waals surface area contributed by atoms with Crippen LogP contribution in [0.5, 0.6) is 0 Å². The van der Waals surface area contributed by atoms with E-state index in [0.717, 1.165) is 6.42 Å². The summed E-state index contributed by atoms with van der Waals surface area (Å²) in [5.41, 5.74) is 0. The lowest BCUT2D eigenvalue weighted by Gasteiger charge is -2.31. The number of hydrogen-bond donors (Lipinski definition) is 2. The molecule has 0 aromatic heterocycles. The Morgan fingerprint density at radius 1 is 1.36 bits per heavy atom. The number of rotatable bonds is 2. The Morgan fingerprint density at radius 2 is 2.00 bits per heavy atom. The molecule has 2 N–H and O–H groups in total. The second-order valence-electron chi connectivity index (χ2n) is 3.10. The molecule has 66 valence electrons. The Balaban J connectivity index is 2.37. The van der Waals surface area contributed by atoms with E-state index in [1.54, 1.807) is 0 Å². The van der Waals surface area contributed by atoms with Crippen LogP contribution in [0.3, 0.4) is 0 Å². The van der Waals surface area contributed by atoms with E-state index in [2.05, 4.69) is 0 Å². The van der Waals surface area contributed by atoms with Crippen molar-refractivity contribution >= 4 is 0 Å². The van der Waals surface area contributed by atoms with Crippen LogP contribution < -0.4 is 0 Å². The number of aliphatic hydroxyl groups excluding tert-OH is 2. The van der Waals surface area contributed by atoms with Gasteiger partial charge in [0.05, 0.1) is 24.9 Å². The van der Waals surface area contributed by atoms with Crippen molar-refractivity contribution in [2.45, 2.75) is 44.5 Å². The lowest BCUT2D eigenvalue weighted by molar-refractivity contribution is -0.112. The van der Waals surface area contributed by atoms with E-state index in [-0.39, 0.29) is 24.9 Å². The van der Waals surface area contributed by atoms with Crippen LogP contribution in [0.2, 0.25) is 0 Å². The van der Waals surface area contributed by atoms with E-state index in [1.807, 2.05) is 6.92 Å². The van der Waals surface area contributed by atoms with Crippen LogP contribution in [-0.2, 0) is 4.74 Å². The Morgan fingerprint density at radius 3 is 2.55 bits per heavy atom. The van der Waals surface area contributed by atoms with Gasteiger partial charge in [0.2, 0.25) is 0 Å². The van der Waals surface area contributed by atoms with Gasteiger partial charge in [-0.3, -0.25) is 0 Å². The molecule has 0 spiro atoms. The highest BCUT2D eigenvalue weighted by Gasteiger charge is 2.26. The van der Waals surface area contributed by atoms with Gasteiger partial charge in [0.15, 0.2) is 0 Å². The van der Waals surface area contributed by atoms with Gasteiger partial charge < -0.3 is 14.9 Å². The summed E-state index contributed by atoms with van der Waals surface area (Å²) in [6.07, 6.45) is 1.90. The molecule has 0 saturated carbocycles. The second kappa shape index (κ2) is 4.04. The van der Waals surface area contributed by atoms with Crippen LogP contribution in [0.15, 0.2) is 0 Å². The maximum atomic E-state index is 9.32. The van der Waals surface area contributed by atoms with Crippen molar-refractivity contribution < 1.29 is 14.9 Å². The molecule has 1 aliphatic heterocycles. The zero-order valence-corrected chi connectivity index (χ0v) is 6.86. The summed E-state index contributed by atoms with van der Waals surface area (Å²) in [5, 5.41) is 18.1. The Labute approximate surface area is 67.0 Å². The van der Waals surface area contributed by atoms with Gasteiger partial charge in [0.25, 0.3) is 0 Å². The quantitative estimate of drug-likeness (QED) is 0.610. The van der Waals surface area contributed by atoms with Crippen molar-refractivity contribution in [3.63, 3.8) is 0 Å². The van der Waals surface area contributed by atoms with E-state index in [1.165, 1.54) is 0 Å². The van der Waals surface area contributed by atoms with Gasteiger partial charge in [-0.25, -0.2) is 0 Å². The molecule has 0 aromatic rings. The molecule has 1 heterocycles.